The number of hydrogen-bond donors (Lipinski definition) is 2. The summed E-state index contributed by atoms with van der Waals surface area (Å²) in [5.74, 6) is -1.60. The molecule has 0 aromatic heterocycles. The van der Waals surface area contributed by atoms with Crippen molar-refractivity contribution in [2.45, 2.75) is 44.2 Å². The summed E-state index contributed by atoms with van der Waals surface area (Å²) < 4.78 is 33.1. The molecular weight excluding hydrogens is 458 g/mol. The Bertz CT molecular complexity index is 1210. The van der Waals surface area contributed by atoms with Gasteiger partial charge in [-0.2, -0.15) is 0 Å². The molecule has 1 unspecified atom stereocenters. The predicted molar refractivity (Wildman–Crippen MR) is 121 cm³/mol. The molecule has 2 amide bonds. The Morgan fingerprint density at radius 2 is 1.97 bits per heavy atom. The minimum atomic E-state index is -0.937. The highest BCUT2D eigenvalue weighted by molar-refractivity contribution is 6.00. The number of piperidine rings is 1. The van der Waals surface area contributed by atoms with Gasteiger partial charge in [-0.1, -0.05) is 12.1 Å². The summed E-state index contributed by atoms with van der Waals surface area (Å²) in [7, 11) is 0. The third kappa shape index (κ3) is 3.85. The van der Waals surface area contributed by atoms with E-state index in [0.717, 1.165) is 53.8 Å². The standard InChI is InChI=1S/C25H26F2N4O4/c26-18-3-1-14(9-19(18)27)10-29-7-8-30-15(11-29)13-35-23-17-12-31(21-5-6-22(32)28-24(21)33)25(34)16(17)2-4-20(23)30/h1-4,9,15,21,25,34H,5-8,10-13H2,(H,28,32,33)/t15-,21-,25?/m0/s1. The number of hydrogen-bond acceptors (Lipinski definition) is 7. The van der Waals surface area contributed by atoms with E-state index < -0.39 is 23.9 Å². The molecule has 4 aliphatic heterocycles. The van der Waals surface area contributed by atoms with Gasteiger partial charge in [-0.05, 0) is 30.2 Å². The summed E-state index contributed by atoms with van der Waals surface area (Å²) in [6.07, 6.45) is -0.310. The van der Waals surface area contributed by atoms with E-state index in [4.69, 9.17) is 4.74 Å². The van der Waals surface area contributed by atoms with E-state index in [2.05, 4.69) is 15.1 Å². The molecule has 2 aromatic carbocycles. The number of halogens is 2. The molecule has 35 heavy (non-hydrogen) atoms. The number of carbonyl (C=O) groups excluding carboxylic acids is 2. The maximum absolute atomic E-state index is 13.6. The minimum Gasteiger partial charge on any atom is -0.489 e. The molecule has 2 saturated heterocycles. The summed E-state index contributed by atoms with van der Waals surface area (Å²) in [6, 6.07) is 7.41. The van der Waals surface area contributed by atoms with Gasteiger partial charge in [-0.15, -0.1) is 0 Å². The Balaban J connectivity index is 1.19. The van der Waals surface area contributed by atoms with Gasteiger partial charge in [0.2, 0.25) is 11.8 Å². The van der Waals surface area contributed by atoms with E-state index in [0.29, 0.717) is 26.1 Å². The minimum absolute atomic E-state index is 0.108. The van der Waals surface area contributed by atoms with Gasteiger partial charge in [0.25, 0.3) is 0 Å². The third-order valence-corrected chi connectivity index (χ3v) is 7.51. The van der Waals surface area contributed by atoms with Gasteiger partial charge in [0.1, 0.15) is 18.6 Å². The van der Waals surface area contributed by atoms with Crippen molar-refractivity contribution < 1.29 is 28.2 Å². The van der Waals surface area contributed by atoms with Crippen LogP contribution in [0.2, 0.25) is 0 Å². The number of benzene rings is 2. The van der Waals surface area contributed by atoms with Crippen molar-refractivity contribution in [1.82, 2.24) is 15.1 Å². The molecule has 10 heteroatoms. The van der Waals surface area contributed by atoms with Crippen molar-refractivity contribution >= 4 is 17.5 Å². The molecule has 2 aromatic rings. The zero-order valence-corrected chi connectivity index (χ0v) is 19.0. The molecule has 0 radical (unpaired) electrons. The molecule has 0 spiro atoms. The first kappa shape index (κ1) is 22.4. The molecule has 3 atom stereocenters. The van der Waals surface area contributed by atoms with Crippen LogP contribution in [0.3, 0.4) is 0 Å². The largest absolute Gasteiger partial charge is 0.489 e. The normalized spacial score (nSPS) is 26.6. The van der Waals surface area contributed by atoms with Crippen molar-refractivity contribution in [2.24, 2.45) is 0 Å². The van der Waals surface area contributed by atoms with Gasteiger partial charge < -0.3 is 14.7 Å². The van der Waals surface area contributed by atoms with Gasteiger partial charge >= 0.3 is 0 Å². The predicted octanol–water partition coefficient (Wildman–Crippen LogP) is 1.66. The average Bonchev–Trinajstić information content (AvgIpc) is 3.17. The zero-order valence-electron chi connectivity index (χ0n) is 19.0. The number of nitrogens with zero attached hydrogens (tertiary/aromatic N) is 3. The van der Waals surface area contributed by atoms with Crippen LogP contribution in [0.15, 0.2) is 30.3 Å². The molecule has 4 aliphatic rings. The number of aliphatic hydroxyl groups excluding tert-OH is 1. The second kappa shape index (κ2) is 8.54. The van der Waals surface area contributed by atoms with Crippen molar-refractivity contribution in [1.29, 1.82) is 0 Å². The topological polar surface area (TPSA) is 85.3 Å². The number of ether oxygens (including phenoxy) is 1. The number of nitrogens with one attached hydrogen (secondary N) is 1. The van der Waals surface area contributed by atoms with Crippen molar-refractivity contribution in [3.8, 4) is 5.75 Å². The second-order valence-electron chi connectivity index (χ2n) is 9.64. The summed E-state index contributed by atoms with van der Waals surface area (Å²) in [5, 5.41) is 13.3. The van der Waals surface area contributed by atoms with Crippen LogP contribution >= 0.6 is 0 Å². The smallest absolute Gasteiger partial charge is 0.244 e. The van der Waals surface area contributed by atoms with Crippen molar-refractivity contribution in [3.63, 3.8) is 0 Å². The molecule has 184 valence electrons. The first-order chi connectivity index (χ1) is 16.9. The van der Waals surface area contributed by atoms with Crippen LogP contribution in [-0.4, -0.2) is 65.0 Å². The van der Waals surface area contributed by atoms with Gasteiger partial charge in [0.05, 0.1) is 17.8 Å². The molecule has 2 N–H and O–H groups in total. The summed E-state index contributed by atoms with van der Waals surface area (Å²) in [4.78, 5) is 30.2. The molecular formula is C25H26F2N4O4. The summed E-state index contributed by atoms with van der Waals surface area (Å²) in [6.45, 7) is 3.60. The maximum atomic E-state index is 13.6. The molecule has 8 nitrogen and oxygen atoms in total. The number of amides is 2. The molecule has 0 bridgehead atoms. The number of fused-ring (bicyclic) bond motifs is 5. The van der Waals surface area contributed by atoms with Crippen LogP contribution < -0.4 is 15.0 Å². The monoisotopic (exact) mass is 484 g/mol. The van der Waals surface area contributed by atoms with E-state index in [9.17, 15) is 23.5 Å². The molecule has 0 saturated carbocycles. The number of aliphatic hydroxyl groups is 1. The Kier molecular flexibility index (Phi) is 5.46. The maximum Gasteiger partial charge on any atom is 0.244 e. The quantitative estimate of drug-likeness (QED) is 0.641. The number of rotatable bonds is 3. The van der Waals surface area contributed by atoms with E-state index in [-0.39, 0.29) is 24.3 Å². The zero-order chi connectivity index (χ0) is 24.3. The Hall–Kier alpha value is -3.08. The van der Waals surface area contributed by atoms with Crippen LogP contribution in [0.1, 0.15) is 35.8 Å². The van der Waals surface area contributed by atoms with E-state index in [1.54, 1.807) is 11.0 Å². The van der Waals surface area contributed by atoms with Crippen LogP contribution in [0.4, 0.5) is 14.5 Å². The molecule has 6 rings (SSSR count). The van der Waals surface area contributed by atoms with Gasteiger partial charge in [0, 0.05) is 50.3 Å². The Labute approximate surface area is 201 Å². The van der Waals surface area contributed by atoms with Gasteiger partial charge in [-0.25, -0.2) is 8.78 Å². The molecule has 2 fully saturated rings. The molecule has 4 heterocycles. The highest BCUT2D eigenvalue weighted by atomic mass is 19.2. The van der Waals surface area contributed by atoms with Crippen molar-refractivity contribution in [2.75, 3.05) is 31.1 Å². The SMILES string of the molecule is O=C1CC[C@H](N2Cc3c(ccc4c3OC[C@@H]3CN(Cc5ccc(F)c(F)c5)CCN43)C2O)C(=O)N1. The lowest BCUT2D eigenvalue weighted by Crippen LogP contribution is -2.57. The number of anilines is 1. The fraction of sp³-hybridized carbons (Fsp3) is 0.440. The lowest BCUT2D eigenvalue weighted by atomic mass is 10.0. The number of imide groups is 1. The highest BCUT2D eigenvalue weighted by Crippen LogP contribution is 2.46. The Morgan fingerprint density at radius 3 is 2.77 bits per heavy atom. The lowest BCUT2D eigenvalue weighted by Gasteiger charge is -2.46. The molecule has 0 aliphatic carbocycles. The fourth-order valence-electron chi connectivity index (χ4n) is 5.75. The van der Waals surface area contributed by atoms with E-state index >= 15 is 0 Å². The number of piperazine rings is 1. The first-order valence-electron chi connectivity index (χ1n) is 11.9. The third-order valence-electron chi connectivity index (χ3n) is 7.51. The van der Waals surface area contributed by atoms with Crippen LogP contribution in [0.5, 0.6) is 5.75 Å². The lowest BCUT2D eigenvalue weighted by molar-refractivity contribution is -0.141. The van der Waals surface area contributed by atoms with Crippen LogP contribution in [0, 0.1) is 11.6 Å². The summed E-state index contributed by atoms with van der Waals surface area (Å²) >= 11 is 0. The van der Waals surface area contributed by atoms with Gasteiger partial charge in [-0.3, -0.25) is 24.7 Å². The van der Waals surface area contributed by atoms with Crippen LogP contribution in [-0.2, 0) is 22.7 Å². The highest BCUT2D eigenvalue weighted by Gasteiger charge is 2.43. The van der Waals surface area contributed by atoms with E-state index in [1.807, 2.05) is 12.1 Å². The fourth-order valence-corrected chi connectivity index (χ4v) is 5.75. The second-order valence-corrected chi connectivity index (χ2v) is 9.64. The summed E-state index contributed by atoms with van der Waals surface area (Å²) in [5.41, 5.74) is 3.30. The first-order valence-corrected chi connectivity index (χ1v) is 11.9. The van der Waals surface area contributed by atoms with Crippen LogP contribution in [0.25, 0.3) is 0 Å². The van der Waals surface area contributed by atoms with Gasteiger partial charge in [0.15, 0.2) is 11.6 Å². The Morgan fingerprint density at radius 1 is 1.11 bits per heavy atom. The van der Waals surface area contributed by atoms with E-state index in [1.165, 1.54) is 6.07 Å². The average molecular weight is 485 g/mol. The van der Waals surface area contributed by atoms with Crippen molar-refractivity contribution in [3.05, 3.63) is 58.7 Å². The number of carbonyl (C=O) groups is 2.